The second-order valence-corrected chi connectivity index (χ2v) is 6.57. The molecule has 1 aliphatic rings. The predicted molar refractivity (Wildman–Crippen MR) is 77.0 cm³/mol. The topological polar surface area (TPSA) is 49.4 Å². The van der Waals surface area contributed by atoms with Crippen LogP contribution in [0.4, 0.5) is 8.78 Å². The van der Waals surface area contributed by atoms with Gasteiger partial charge in [-0.05, 0) is 24.1 Å². The Kier molecular flexibility index (Phi) is 5.05. The summed E-state index contributed by atoms with van der Waals surface area (Å²) in [6.07, 6.45) is 1.66. The molecule has 0 saturated carbocycles. The summed E-state index contributed by atoms with van der Waals surface area (Å²) < 4.78 is 37.7. The van der Waals surface area contributed by atoms with Crippen LogP contribution < -0.4 is 5.32 Å². The third-order valence-corrected chi connectivity index (χ3v) is 4.30. The highest BCUT2D eigenvalue weighted by molar-refractivity contribution is 7.84. The van der Waals surface area contributed by atoms with Crippen molar-refractivity contribution in [2.75, 3.05) is 18.6 Å². The summed E-state index contributed by atoms with van der Waals surface area (Å²) in [5, 5.41) is 3.12. The van der Waals surface area contributed by atoms with Crippen molar-refractivity contribution in [3.05, 3.63) is 35.4 Å². The van der Waals surface area contributed by atoms with Crippen molar-refractivity contribution in [3.8, 4) is 0 Å². The minimum absolute atomic E-state index is 0.0994. The lowest BCUT2D eigenvalue weighted by molar-refractivity contribution is -0.129. The quantitative estimate of drug-likeness (QED) is 0.897. The van der Waals surface area contributed by atoms with E-state index in [-0.39, 0.29) is 11.9 Å². The average molecular weight is 316 g/mol. The lowest BCUT2D eigenvalue weighted by Gasteiger charge is -2.24. The van der Waals surface area contributed by atoms with Gasteiger partial charge in [0.2, 0.25) is 5.91 Å². The normalized spacial score (nSPS) is 23.6. The largest absolute Gasteiger partial charge is 0.321 e. The maximum atomic E-state index is 13.4. The number of rotatable bonds is 5. The number of nitrogens with zero attached hydrogens (tertiary/aromatic N) is 1. The first-order chi connectivity index (χ1) is 9.93. The number of nitrogens with one attached hydrogen (secondary N) is 1. The Morgan fingerprint density at radius 1 is 1.33 bits per heavy atom. The van der Waals surface area contributed by atoms with Crippen molar-refractivity contribution in [3.63, 3.8) is 0 Å². The Morgan fingerprint density at radius 3 is 2.62 bits per heavy atom. The molecular formula is C14H18F2N2O2S. The third kappa shape index (κ3) is 3.47. The highest BCUT2D eigenvalue weighted by Crippen LogP contribution is 2.27. The van der Waals surface area contributed by atoms with Crippen LogP contribution in [0.2, 0.25) is 0 Å². The minimum atomic E-state index is -1.02. The zero-order valence-corrected chi connectivity index (χ0v) is 12.8. The first-order valence-corrected chi connectivity index (χ1v) is 8.48. The van der Waals surface area contributed by atoms with Crippen molar-refractivity contribution in [1.29, 1.82) is 0 Å². The number of amides is 1. The number of carbonyl (C=O) groups is 1. The van der Waals surface area contributed by atoms with Gasteiger partial charge in [0.15, 0.2) is 11.6 Å². The van der Waals surface area contributed by atoms with Crippen LogP contribution in [0, 0.1) is 11.6 Å². The summed E-state index contributed by atoms with van der Waals surface area (Å²) >= 11 is 0. The van der Waals surface area contributed by atoms with Gasteiger partial charge in [0.25, 0.3) is 0 Å². The van der Waals surface area contributed by atoms with Crippen LogP contribution in [0.1, 0.15) is 25.1 Å². The lowest BCUT2D eigenvalue weighted by Crippen LogP contribution is -2.34. The third-order valence-electron chi connectivity index (χ3n) is 3.54. The van der Waals surface area contributed by atoms with Crippen LogP contribution in [0.25, 0.3) is 0 Å². The van der Waals surface area contributed by atoms with Crippen LogP contribution in [-0.4, -0.2) is 39.6 Å². The zero-order valence-electron chi connectivity index (χ0n) is 11.9. The number of hydrogen-bond donors (Lipinski definition) is 1. The van der Waals surface area contributed by atoms with E-state index >= 15 is 0 Å². The van der Waals surface area contributed by atoms with E-state index in [4.69, 9.17) is 0 Å². The van der Waals surface area contributed by atoms with Gasteiger partial charge in [-0.1, -0.05) is 13.0 Å². The van der Waals surface area contributed by atoms with Crippen molar-refractivity contribution in [1.82, 2.24) is 10.2 Å². The lowest BCUT2D eigenvalue weighted by atomic mass is 10.1. The molecule has 3 unspecified atom stereocenters. The fourth-order valence-electron chi connectivity index (χ4n) is 2.40. The molecule has 3 atom stereocenters. The molecule has 1 saturated heterocycles. The van der Waals surface area contributed by atoms with Crippen molar-refractivity contribution < 1.29 is 17.8 Å². The molecule has 1 N–H and O–H groups in total. The summed E-state index contributed by atoms with van der Waals surface area (Å²) in [5.74, 6) is -1.61. The molecule has 1 aromatic rings. The standard InChI is InChI=1S/C14H18F2N2O2S/c1-3-12-14(19)18(6-7-21(2)20)13(17-12)9-4-5-10(15)11(16)8-9/h4-5,8,12-13,17H,3,6-7H2,1-2H3. The van der Waals surface area contributed by atoms with Crippen LogP contribution in [0.5, 0.6) is 0 Å². The number of benzene rings is 1. The van der Waals surface area contributed by atoms with Crippen LogP contribution >= 0.6 is 0 Å². The van der Waals surface area contributed by atoms with Gasteiger partial charge in [-0.15, -0.1) is 0 Å². The molecule has 4 nitrogen and oxygen atoms in total. The highest BCUT2D eigenvalue weighted by Gasteiger charge is 2.38. The monoisotopic (exact) mass is 316 g/mol. The average Bonchev–Trinajstić information content (AvgIpc) is 2.76. The minimum Gasteiger partial charge on any atom is -0.321 e. The summed E-state index contributed by atoms with van der Waals surface area (Å²) in [5.41, 5.74) is 0.486. The molecule has 1 aromatic carbocycles. The molecule has 1 fully saturated rings. The Hall–Kier alpha value is -1.34. The van der Waals surface area contributed by atoms with Gasteiger partial charge >= 0.3 is 0 Å². The van der Waals surface area contributed by atoms with Crippen molar-refractivity contribution in [2.45, 2.75) is 25.6 Å². The smallest absolute Gasteiger partial charge is 0.241 e. The van der Waals surface area contributed by atoms with Gasteiger partial charge < -0.3 is 4.90 Å². The van der Waals surface area contributed by atoms with E-state index in [1.54, 1.807) is 11.2 Å². The van der Waals surface area contributed by atoms with E-state index in [2.05, 4.69) is 5.32 Å². The zero-order chi connectivity index (χ0) is 15.6. The molecular weight excluding hydrogens is 298 g/mol. The number of hydrogen-bond acceptors (Lipinski definition) is 3. The summed E-state index contributed by atoms with van der Waals surface area (Å²) in [6.45, 7) is 2.19. The van der Waals surface area contributed by atoms with Gasteiger partial charge in [0.05, 0.1) is 6.04 Å². The molecule has 2 rings (SSSR count). The predicted octanol–water partition coefficient (Wildman–Crippen LogP) is 1.55. The molecule has 0 aliphatic carbocycles. The van der Waals surface area contributed by atoms with E-state index in [9.17, 15) is 17.8 Å². The molecule has 1 heterocycles. The van der Waals surface area contributed by atoms with E-state index in [1.165, 1.54) is 6.07 Å². The molecule has 21 heavy (non-hydrogen) atoms. The first-order valence-electron chi connectivity index (χ1n) is 6.75. The van der Waals surface area contributed by atoms with E-state index in [1.807, 2.05) is 6.92 Å². The fraction of sp³-hybridized carbons (Fsp3) is 0.500. The second kappa shape index (κ2) is 6.62. The van der Waals surface area contributed by atoms with Gasteiger partial charge in [-0.25, -0.2) is 8.78 Å². The van der Waals surface area contributed by atoms with Crippen molar-refractivity contribution >= 4 is 16.7 Å². The Balaban J connectivity index is 2.27. The van der Waals surface area contributed by atoms with Crippen molar-refractivity contribution in [2.24, 2.45) is 0 Å². The number of halogens is 2. The van der Waals surface area contributed by atoms with E-state index in [0.717, 1.165) is 12.1 Å². The highest BCUT2D eigenvalue weighted by atomic mass is 32.2. The Labute approximate surface area is 125 Å². The second-order valence-electron chi connectivity index (χ2n) is 5.01. The molecule has 116 valence electrons. The van der Waals surface area contributed by atoms with Gasteiger partial charge in [0.1, 0.15) is 6.17 Å². The Bertz CT molecular complexity index is 568. The molecule has 1 amide bonds. The Morgan fingerprint density at radius 2 is 2.05 bits per heavy atom. The first kappa shape index (κ1) is 16.0. The van der Waals surface area contributed by atoms with Crippen LogP contribution in [-0.2, 0) is 15.6 Å². The maximum absolute atomic E-state index is 13.4. The molecule has 1 aliphatic heterocycles. The molecule has 0 radical (unpaired) electrons. The van der Waals surface area contributed by atoms with Gasteiger partial charge in [-0.2, -0.15) is 0 Å². The number of carbonyl (C=O) groups excluding carboxylic acids is 1. The molecule has 7 heteroatoms. The summed E-state index contributed by atoms with van der Waals surface area (Å²) in [7, 11) is -1.02. The van der Waals surface area contributed by atoms with E-state index < -0.39 is 28.6 Å². The molecule has 0 spiro atoms. The van der Waals surface area contributed by atoms with Crippen LogP contribution in [0.3, 0.4) is 0 Å². The summed E-state index contributed by atoms with van der Waals surface area (Å²) in [6, 6.07) is 3.24. The maximum Gasteiger partial charge on any atom is 0.241 e. The van der Waals surface area contributed by atoms with Gasteiger partial charge in [-0.3, -0.25) is 14.3 Å². The van der Waals surface area contributed by atoms with Crippen LogP contribution in [0.15, 0.2) is 18.2 Å². The van der Waals surface area contributed by atoms with E-state index in [0.29, 0.717) is 24.3 Å². The molecule has 0 aromatic heterocycles. The fourth-order valence-corrected chi connectivity index (χ4v) is 2.85. The SMILES string of the molecule is CCC1NC(c2ccc(F)c(F)c2)N(CCS(C)=O)C1=O. The van der Waals surface area contributed by atoms with Gasteiger partial charge in [0, 0.05) is 29.4 Å². The molecule has 0 bridgehead atoms. The summed E-state index contributed by atoms with van der Waals surface area (Å²) in [4.78, 5) is 13.8.